The molecule has 0 spiro atoms. The van der Waals surface area contributed by atoms with Gasteiger partial charge in [-0.15, -0.1) is 0 Å². The largest absolute Gasteiger partial charge is 0.367 e. The smallest absolute Gasteiger partial charge is 0.233 e. The van der Waals surface area contributed by atoms with Gasteiger partial charge >= 0.3 is 0 Å². The fourth-order valence-corrected chi connectivity index (χ4v) is 1.71. The van der Waals surface area contributed by atoms with E-state index in [1.807, 2.05) is 7.05 Å². The molecule has 1 aromatic heterocycles. The molecule has 13 heavy (non-hydrogen) atoms. The summed E-state index contributed by atoms with van der Waals surface area (Å²) in [5, 5.41) is 0.882. The first kappa shape index (κ1) is 10.2. The Hall–Kier alpha value is -0.840. The zero-order valence-corrected chi connectivity index (χ0v) is 9.35. The summed E-state index contributed by atoms with van der Waals surface area (Å²) >= 11 is 1.34. The van der Waals surface area contributed by atoms with Crippen LogP contribution in [0.1, 0.15) is 20.8 Å². The van der Waals surface area contributed by atoms with Gasteiger partial charge in [-0.1, -0.05) is 20.8 Å². The predicted molar refractivity (Wildman–Crippen MR) is 57.0 cm³/mol. The molecule has 4 nitrogen and oxygen atoms in total. The van der Waals surface area contributed by atoms with Gasteiger partial charge in [0.05, 0.1) is 0 Å². The Kier molecular flexibility index (Phi) is 2.75. The zero-order valence-electron chi connectivity index (χ0n) is 8.53. The van der Waals surface area contributed by atoms with Gasteiger partial charge in [0.1, 0.15) is 0 Å². The number of nitrogens with zero attached hydrogens (tertiary/aromatic N) is 3. The Morgan fingerprint density at radius 1 is 1.46 bits per heavy atom. The molecule has 0 aliphatic heterocycles. The molecule has 1 aromatic rings. The van der Waals surface area contributed by atoms with Gasteiger partial charge in [-0.05, 0) is 5.41 Å². The Balaban J connectivity index is 2.64. The minimum Gasteiger partial charge on any atom is -0.367 e. The first-order valence-corrected chi connectivity index (χ1v) is 4.96. The van der Waals surface area contributed by atoms with Gasteiger partial charge in [0.2, 0.25) is 11.1 Å². The molecular formula is C8H16N4S. The number of aromatic nitrogens is 2. The third-order valence-electron chi connectivity index (χ3n) is 1.47. The summed E-state index contributed by atoms with van der Waals surface area (Å²) in [5.41, 5.74) is 5.70. The van der Waals surface area contributed by atoms with E-state index in [1.165, 1.54) is 11.5 Å². The van der Waals surface area contributed by atoms with Crippen molar-refractivity contribution < 1.29 is 0 Å². The maximum absolute atomic E-state index is 5.44. The molecule has 0 saturated carbocycles. The van der Waals surface area contributed by atoms with Gasteiger partial charge < -0.3 is 10.6 Å². The Morgan fingerprint density at radius 3 is 2.46 bits per heavy atom. The van der Waals surface area contributed by atoms with Crippen LogP contribution in [0.5, 0.6) is 0 Å². The van der Waals surface area contributed by atoms with Crippen molar-refractivity contribution in [3.8, 4) is 0 Å². The normalized spacial score (nSPS) is 11.7. The topological polar surface area (TPSA) is 55.0 Å². The summed E-state index contributed by atoms with van der Waals surface area (Å²) in [4.78, 5) is 6.18. The fourth-order valence-electron chi connectivity index (χ4n) is 1.16. The number of nitrogens with two attached hydrogens (primary N) is 1. The summed E-state index contributed by atoms with van der Waals surface area (Å²) in [6, 6.07) is 0. The van der Waals surface area contributed by atoms with Gasteiger partial charge in [0.25, 0.3) is 0 Å². The molecule has 0 saturated heterocycles. The highest BCUT2D eigenvalue weighted by Crippen LogP contribution is 2.21. The molecule has 0 amide bonds. The molecular weight excluding hydrogens is 184 g/mol. The van der Waals surface area contributed by atoms with E-state index in [9.17, 15) is 0 Å². The van der Waals surface area contributed by atoms with Crippen molar-refractivity contribution in [2.75, 3.05) is 24.2 Å². The van der Waals surface area contributed by atoms with Crippen LogP contribution in [0.25, 0.3) is 0 Å². The highest BCUT2D eigenvalue weighted by atomic mass is 32.1. The van der Waals surface area contributed by atoms with Gasteiger partial charge in [-0.25, -0.2) is 0 Å². The van der Waals surface area contributed by atoms with Crippen molar-refractivity contribution in [3.05, 3.63) is 0 Å². The maximum atomic E-state index is 5.44. The molecule has 0 aromatic carbocycles. The number of rotatable bonds is 2. The number of hydrogen-bond donors (Lipinski definition) is 1. The second-order valence-electron chi connectivity index (χ2n) is 4.35. The van der Waals surface area contributed by atoms with Crippen molar-refractivity contribution in [3.63, 3.8) is 0 Å². The highest BCUT2D eigenvalue weighted by Gasteiger charge is 2.16. The quantitative estimate of drug-likeness (QED) is 0.788. The lowest BCUT2D eigenvalue weighted by atomic mass is 9.96. The van der Waals surface area contributed by atoms with Crippen LogP contribution >= 0.6 is 11.5 Å². The Morgan fingerprint density at radius 2 is 2.08 bits per heavy atom. The Bertz CT molecular complexity index is 276. The average molecular weight is 200 g/mol. The second kappa shape index (κ2) is 3.49. The van der Waals surface area contributed by atoms with E-state index in [-0.39, 0.29) is 5.41 Å². The fraction of sp³-hybridized carbons (Fsp3) is 0.750. The summed E-state index contributed by atoms with van der Waals surface area (Å²) in [5.74, 6) is 0.362. The molecule has 0 aliphatic carbocycles. The summed E-state index contributed by atoms with van der Waals surface area (Å²) in [6.45, 7) is 7.51. The van der Waals surface area contributed by atoms with E-state index >= 15 is 0 Å². The van der Waals surface area contributed by atoms with Crippen LogP contribution in [-0.4, -0.2) is 22.9 Å². The van der Waals surface area contributed by atoms with Crippen LogP contribution in [-0.2, 0) is 0 Å². The lowest BCUT2D eigenvalue weighted by Gasteiger charge is -2.25. The van der Waals surface area contributed by atoms with Gasteiger partial charge in [0.15, 0.2) is 0 Å². The van der Waals surface area contributed by atoms with Crippen LogP contribution in [0.4, 0.5) is 11.1 Å². The lowest BCUT2D eigenvalue weighted by molar-refractivity contribution is 0.419. The molecule has 74 valence electrons. The van der Waals surface area contributed by atoms with Gasteiger partial charge in [-0.3, -0.25) is 0 Å². The monoisotopic (exact) mass is 200 g/mol. The van der Waals surface area contributed by atoms with E-state index < -0.39 is 0 Å². The van der Waals surface area contributed by atoms with E-state index in [0.717, 1.165) is 11.7 Å². The average Bonchev–Trinajstić information content (AvgIpc) is 2.31. The van der Waals surface area contributed by atoms with Crippen LogP contribution in [0, 0.1) is 5.41 Å². The lowest BCUT2D eigenvalue weighted by Crippen LogP contribution is -2.28. The van der Waals surface area contributed by atoms with E-state index in [4.69, 9.17) is 5.73 Å². The molecule has 5 heteroatoms. The first-order chi connectivity index (χ1) is 5.88. The van der Waals surface area contributed by atoms with Crippen LogP contribution < -0.4 is 10.6 Å². The third-order valence-corrected chi connectivity index (χ3v) is 2.31. The van der Waals surface area contributed by atoms with Crippen molar-refractivity contribution in [1.29, 1.82) is 0 Å². The van der Waals surface area contributed by atoms with Crippen LogP contribution in [0.2, 0.25) is 0 Å². The first-order valence-electron chi connectivity index (χ1n) is 4.19. The molecule has 2 N–H and O–H groups in total. The van der Waals surface area contributed by atoms with Crippen molar-refractivity contribution in [2.45, 2.75) is 20.8 Å². The Labute approximate surface area is 82.9 Å². The molecule has 0 fully saturated rings. The molecule has 0 aliphatic rings. The van der Waals surface area contributed by atoms with Crippen molar-refractivity contribution in [1.82, 2.24) is 9.36 Å². The SMILES string of the molecule is CN(CC(C)(C)C)c1nc(N)ns1. The highest BCUT2D eigenvalue weighted by molar-refractivity contribution is 7.09. The molecule has 0 atom stereocenters. The van der Waals surface area contributed by atoms with Crippen LogP contribution in [0.3, 0.4) is 0 Å². The minimum atomic E-state index is 0.259. The molecule has 0 bridgehead atoms. The molecule has 0 unspecified atom stereocenters. The predicted octanol–water partition coefficient (Wildman–Crippen LogP) is 1.60. The van der Waals surface area contributed by atoms with E-state index in [2.05, 4.69) is 35.0 Å². The number of nitrogen functional groups attached to an aromatic ring is 1. The maximum Gasteiger partial charge on any atom is 0.233 e. The van der Waals surface area contributed by atoms with E-state index in [0.29, 0.717) is 5.95 Å². The summed E-state index contributed by atoms with van der Waals surface area (Å²) in [7, 11) is 2.01. The second-order valence-corrected chi connectivity index (χ2v) is 5.08. The minimum absolute atomic E-state index is 0.259. The zero-order chi connectivity index (χ0) is 10.1. The standard InChI is InChI=1S/C8H16N4S/c1-8(2,3)5-12(4)7-10-6(9)11-13-7/h5H2,1-4H3,(H2,9,11). The summed E-state index contributed by atoms with van der Waals surface area (Å²) in [6.07, 6.45) is 0. The number of hydrogen-bond acceptors (Lipinski definition) is 5. The molecule has 1 heterocycles. The van der Waals surface area contributed by atoms with Crippen molar-refractivity contribution in [2.24, 2.45) is 5.41 Å². The van der Waals surface area contributed by atoms with E-state index in [1.54, 1.807) is 0 Å². The van der Waals surface area contributed by atoms with Crippen molar-refractivity contribution >= 4 is 22.6 Å². The third kappa shape index (κ3) is 3.18. The van der Waals surface area contributed by atoms with Crippen LogP contribution in [0.15, 0.2) is 0 Å². The number of anilines is 2. The molecule has 1 rings (SSSR count). The molecule has 0 radical (unpaired) electrons. The van der Waals surface area contributed by atoms with Gasteiger partial charge in [-0.2, -0.15) is 9.36 Å². The summed E-state index contributed by atoms with van der Waals surface area (Å²) < 4.78 is 3.93. The van der Waals surface area contributed by atoms with Gasteiger partial charge in [0, 0.05) is 25.1 Å².